The first-order valence-electron chi connectivity index (χ1n) is 4.12. The lowest BCUT2D eigenvalue weighted by atomic mass is 10.1. The van der Waals surface area contributed by atoms with Crippen molar-refractivity contribution in [3.05, 3.63) is 16.3 Å². The summed E-state index contributed by atoms with van der Waals surface area (Å²) in [6, 6.07) is 1.45. The molecule has 1 heterocycles. The molecule has 0 aromatic carbocycles. The first kappa shape index (κ1) is 10.7. The summed E-state index contributed by atoms with van der Waals surface area (Å²) < 4.78 is 0. The van der Waals surface area contributed by atoms with E-state index in [1.807, 2.05) is 0 Å². The van der Waals surface area contributed by atoms with Crippen LogP contribution in [0.5, 0.6) is 5.75 Å². The normalized spacial score (nSPS) is 10.0. The molecule has 14 heavy (non-hydrogen) atoms. The predicted molar refractivity (Wildman–Crippen MR) is 51.8 cm³/mol. The molecule has 0 amide bonds. The minimum Gasteiger partial charge on any atom is -0.506 e. The van der Waals surface area contributed by atoms with Crippen molar-refractivity contribution in [2.75, 3.05) is 0 Å². The van der Waals surface area contributed by atoms with Gasteiger partial charge in [-0.2, -0.15) is 0 Å². The molecule has 0 radical (unpaired) electrons. The molecule has 1 aromatic heterocycles. The molecule has 0 aliphatic carbocycles. The number of carbonyl (C=O) groups excluding carboxylic acids is 1. The van der Waals surface area contributed by atoms with E-state index < -0.39 is 5.97 Å². The van der Waals surface area contributed by atoms with E-state index in [-0.39, 0.29) is 24.4 Å². The maximum Gasteiger partial charge on any atom is 0.303 e. The van der Waals surface area contributed by atoms with E-state index in [1.165, 1.54) is 17.4 Å². The van der Waals surface area contributed by atoms with Gasteiger partial charge in [0.2, 0.25) is 0 Å². The van der Waals surface area contributed by atoms with Crippen LogP contribution < -0.4 is 0 Å². The number of hydrogen-bond donors (Lipinski definition) is 2. The first-order chi connectivity index (χ1) is 6.61. The molecular formula is C9H10O4S. The Balaban J connectivity index is 2.44. The van der Waals surface area contributed by atoms with E-state index in [1.54, 1.807) is 5.38 Å². The number of hydrogen-bond acceptors (Lipinski definition) is 4. The van der Waals surface area contributed by atoms with Crippen molar-refractivity contribution in [3.63, 3.8) is 0 Å². The molecule has 0 aliphatic rings. The average molecular weight is 214 g/mol. The van der Waals surface area contributed by atoms with E-state index >= 15 is 0 Å². The zero-order valence-corrected chi connectivity index (χ0v) is 8.21. The summed E-state index contributed by atoms with van der Waals surface area (Å²) in [5.41, 5.74) is 0. The van der Waals surface area contributed by atoms with Crippen LogP contribution in [0.1, 0.15) is 28.9 Å². The molecule has 76 valence electrons. The summed E-state index contributed by atoms with van der Waals surface area (Å²) in [5.74, 6) is -1.12. The smallest absolute Gasteiger partial charge is 0.303 e. The number of rotatable bonds is 5. The fraction of sp³-hybridized carbons (Fsp3) is 0.333. The van der Waals surface area contributed by atoms with Gasteiger partial charge in [0.25, 0.3) is 0 Å². The number of carbonyl (C=O) groups is 2. The van der Waals surface area contributed by atoms with Crippen molar-refractivity contribution in [3.8, 4) is 5.75 Å². The van der Waals surface area contributed by atoms with Gasteiger partial charge in [0.05, 0.1) is 0 Å². The predicted octanol–water partition coefficient (Wildman–Crippen LogP) is 1.89. The van der Waals surface area contributed by atoms with Crippen LogP contribution in [0.3, 0.4) is 0 Å². The number of aromatic hydroxyl groups is 1. The highest BCUT2D eigenvalue weighted by Gasteiger charge is 2.12. The monoisotopic (exact) mass is 214 g/mol. The fourth-order valence-electron chi connectivity index (χ4n) is 1.02. The Morgan fingerprint density at radius 1 is 1.36 bits per heavy atom. The number of carboxylic acids is 1. The number of Topliss-reactive ketones (excluding diaryl/α,β-unsaturated/α-hetero) is 1. The Morgan fingerprint density at radius 2 is 2.07 bits per heavy atom. The summed E-state index contributed by atoms with van der Waals surface area (Å²) in [4.78, 5) is 21.9. The largest absolute Gasteiger partial charge is 0.506 e. The van der Waals surface area contributed by atoms with E-state index in [9.17, 15) is 14.7 Å². The molecule has 5 heteroatoms. The van der Waals surface area contributed by atoms with Gasteiger partial charge < -0.3 is 10.2 Å². The van der Waals surface area contributed by atoms with Crippen LogP contribution in [0, 0.1) is 0 Å². The van der Waals surface area contributed by atoms with Crippen molar-refractivity contribution in [1.82, 2.24) is 0 Å². The minimum atomic E-state index is -0.909. The number of carboxylic acid groups (broad SMARTS) is 1. The van der Waals surface area contributed by atoms with Gasteiger partial charge in [-0.3, -0.25) is 9.59 Å². The van der Waals surface area contributed by atoms with Gasteiger partial charge >= 0.3 is 5.97 Å². The molecule has 0 atom stereocenters. The van der Waals surface area contributed by atoms with Gasteiger partial charge in [-0.1, -0.05) is 0 Å². The van der Waals surface area contributed by atoms with Gasteiger partial charge in [0.15, 0.2) is 5.78 Å². The highest BCUT2D eigenvalue weighted by Crippen LogP contribution is 2.24. The van der Waals surface area contributed by atoms with Crippen molar-refractivity contribution < 1.29 is 19.8 Å². The van der Waals surface area contributed by atoms with Crippen molar-refractivity contribution in [1.29, 1.82) is 0 Å². The quantitative estimate of drug-likeness (QED) is 0.734. The van der Waals surface area contributed by atoms with Crippen LogP contribution in [-0.4, -0.2) is 22.0 Å². The molecule has 0 unspecified atom stereocenters. The standard InChI is InChI=1S/C9H10O4S/c10-6(2-1-3-8(12)13)9-7(11)4-5-14-9/h4-5,11H,1-3H2,(H,12,13). The maximum atomic E-state index is 11.4. The third-order valence-corrected chi connectivity index (χ3v) is 2.64. The van der Waals surface area contributed by atoms with E-state index in [0.717, 1.165) is 0 Å². The Morgan fingerprint density at radius 3 is 2.57 bits per heavy atom. The van der Waals surface area contributed by atoms with Gasteiger partial charge in [-0.15, -0.1) is 11.3 Å². The first-order valence-corrected chi connectivity index (χ1v) is 5.00. The minimum absolute atomic E-state index is 0.0160. The third kappa shape index (κ3) is 2.85. The highest BCUT2D eigenvalue weighted by molar-refractivity contribution is 7.12. The van der Waals surface area contributed by atoms with Crippen LogP contribution >= 0.6 is 11.3 Å². The summed E-state index contributed by atoms with van der Waals surface area (Å²) in [7, 11) is 0. The molecule has 0 spiro atoms. The van der Waals surface area contributed by atoms with E-state index in [0.29, 0.717) is 11.3 Å². The van der Waals surface area contributed by atoms with Crippen LogP contribution in [0.4, 0.5) is 0 Å². The Labute approximate surface area is 84.8 Å². The highest BCUT2D eigenvalue weighted by atomic mass is 32.1. The van der Waals surface area contributed by atoms with Gasteiger partial charge in [0.1, 0.15) is 10.6 Å². The second-order valence-electron chi connectivity index (χ2n) is 2.81. The SMILES string of the molecule is O=C(O)CCCC(=O)c1sccc1O. The van der Waals surface area contributed by atoms with E-state index in [2.05, 4.69) is 0 Å². The molecule has 1 aromatic rings. The average Bonchev–Trinajstić information content (AvgIpc) is 2.50. The molecule has 0 aliphatic heterocycles. The van der Waals surface area contributed by atoms with E-state index in [4.69, 9.17) is 5.11 Å². The summed E-state index contributed by atoms with van der Waals surface area (Å²) in [5, 5.41) is 19.2. The van der Waals surface area contributed by atoms with Crippen molar-refractivity contribution in [2.45, 2.75) is 19.3 Å². The molecule has 0 bridgehead atoms. The second kappa shape index (κ2) is 4.76. The maximum absolute atomic E-state index is 11.4. The van der Waals surface area contributed by atoms with Crippen molar-refractivity contribution in [2.24, 2.45) is 0 Å². The van der Waals surface area contributed by atoms with Crippen LogP contribution in [0.2, 0.25) is 0 Å². The molecular weight excluding hydrogens is 204 g/mol. The zero-order chi connectivity index (χ0) is 10.6. The molecule has 0 saturated heterocycles. The fourth-order valence-corrected chi connectivity index (χ4v) is 1.78. The lowest BCUT2D eigenvalue weighted by molar-refractivity contribution is -0.137. The molecule has 0 fully saturated rings. The summed E-state index contributed by atoms with van der Waals surface area (Å²) in [6.45, 7) is 0. The second-order valence-corrected chi connectivity index (χ2v) is 3.72. The number of thiophene rings is 1. The number of ketones is 1. The Hall–Kier alpha value is -1.36. The lowest BCUT2D eigenvalue weighted by Crippen LogP contribution is -2.00. The van der Waals surface area contributed by atoms with Crippen molar-refractivity contribution >= 4 is 23.1 Å². The zero-order valence-electron chi connectivity index (χ0n) is 7.40. The van der Waals surface area contributed by atoms with Crippen LogP contribution in [-0.2, 0) is 4.79 Å². The van der Waals surface area contributed by atoms with Crippen LogP contribution in [0.15, 0.2) is 11.4 Å². The Bertz CT molecular complexity index is 342. The third-order valence-electron chi connectivity index (χ3n) is 1.69. The topological polar surface area (TPSA) is 74.6 Å². The molecule has 2 N–H and O–H groups in total. The van der Waals surface area contributed by atoms with Gasteiger partial charge in [-0.05, 0) is 17.9 Å². The molecule has 4 nitrogen and oxygen atoms in total. The Kier molecular flexibility index (Phi) is 3.64. The number of aliphatic carboxylic acids is 1. The summed E-state index contributed by atoms with van der Waals surface area (Å²) in [6.07, 6.45) is 0.462. The van der Waals surface area contributed by atoms with Gasteiger partial charge in [-0.25, -0.2) is 0 Å². The summed E-state index contributed by atoms with van der Waals surface area (Å²) >= 11 is 1.17. The molecule has 0 saturated carbocycles. The van der Waals surface area contributed by atoms with Gasteiger partial charge in [0, 0.05) is 12.8 Å². The van der Waals surface area contributed by atoms with Crippen LogP contribution in [0.25, 0.3) is 0 Å². The lowest BCUT2D eigenvalue weighted by Gasteiger charge is -1.96. The molecule has 1 rings (SSSR count).